The van der Waals surface area contributed by atoms with E-state index in [0.717, 1.165) is 18.5 Å². The fraction of sp³-hybridized carbons (Fsp3) is 0.667. The minimum atomic E-state index is -0.823. The maximum Gasteiger partial charge on any atom is 0.312 e. The Balaban J connectivity index is 3.05. The number of hydrogen-bond donors (Lipinski definition) is 1. The van der Waals surface area contributed by atoms with E-state index in [1.165, 1.54) is 0 Å². The van der Waals surface area contributed by atoms with Gasteiger partial charge in [0.2, 0.25) is 0 Å². The normalized spacial score (nSPS) is 13.1. The number of aliphatic carboxylic acids is 1. The van der Waals surface area contributed by atoms with Crippen molar-refractivity contribution in [1.29, 1.82) is 0 Å². The van der Waals surface area contributed by atoms with Gasteiger partial charge in [0.25, 0.3) is 0 Å². The van der Waals surface area contributed by atoms with Gasteiger partial charge >= 0.3 is 5.97 Å². The topological polar surface area (TPSA) is 55.1 Å². The molecule has 1 aromatic rings. The molecule has 0 radical (unpaired) electrons. The van der Waals surface area contributed by atoms with Gasteiger partial charge in [-0.1, -0.05) is 13.3 Å². The number of carbonyl (C=O) groups is 1. The van der Waals surface area contributed by atoms with Crippen LogP contribution in [0.3, 0.4) is 0 Å². The highest BCUT2D eigenvalue weighted by Gasteiger charge is 2.19. The van der Waals surface area contributed by atoms with Crippen LogP contribution >= 0.6 is 0 Å². The molecule has 0 saturated heterocycles. The SMILES string of the molecule is CCCc1cc(C(C)C(=O)O)nn1C(C)C. The quantitative estimate of drug-likeness (QED) is 0.836. The second-order valence-corrected chi connectivity index (χ2v) is 4.41. The Morgan fingerprint density at radius 2 is 2.12 bits per heavy atom. The van der Waals surface area contributed by atoms with Crippen molar-refractivity contribution in [1.82, 2.24) is 9.78 Å². The van der Waals surface area contributed by atoms with Gasteiger partial charge in [-0.3, -0.25) is 9.48 Å². The number of aromatic nitrogens is 2. The van der Waals surface area contributed by atoms with Crippen LogP contribution in [0.1, 0.15) is 57.5 Å². The molecule has 1 N–H and O–H groups in total. The largest absolute Gasteiger partial charge is 0.481 e. The van der Waals surface area contributed by atoms with Crippen LogP contribution in [0.4, 0.5) is 0 Å². The molecule has 1 atom stereocenters. The fourth-order valence-corrected chi connectivity index (χ4v) is 1.68. The van der Waals surface area contributed by atoms with E-state index in [0.29, 0.717) is 5.69 Å². The molecule has 1 rings (SSSR count). The zero-order chi connectivity index (χ0) is 12.3. The first kappa shape index (κ1) is 12.7. The fourth-order valence-electron chi connectivity index (χ4n) is 1.68. The van der Waals surface area contributed by atoms with Gasteiger partial charge in [0.05, 0.1) is 11.6 Å². The molecule has 0 aromatic carbocycles. The highest BCUT2D eigenvalue weighted by Crippen LogP contribution is 2.19. The van der Waals surface area contributed by atoms with Crippen molar-refractivity contribution in [3.63, 3.8) is 0 Å². The summed E-state index contributed by atoms with van der Waals surface area (Å²) in [6, 6.07) is 2.19. The van der Waals surface area contributed by atoms with E-state index in [1.54, 1.807) is 6.92 Å². The average molecular weight is 224 g/mol. The molecule has 1 aromatic heterocycles. The first-order chi connectivity index (χ1) is 7.47. The molecule has 0 saturated carbocycles. The Morgan fingerprint density at radius 3 is 2.56 bits per heavy atom. The monoisotopic (exact) mass is 224 g/mol. The van der Waals surface area contributed by atoms with E-state index in [2.05, 4.69) is 25.9 Å². The summed E-state index contributed by atoms with van der Waals surface area (Å²) in [5.74, 6) is -1.35. The molecule has 0 amide bonds. The van der Waals surface area contributed by atoms with Crippen LogP contribution in [0.25, 0.3) is 0 Å². The minimum absolute atomic E-state index is 0.274. The number of aryl methyl sites for hydroxylation is 1. The first-order valence-electron chi connectivity index (χ1n) is 5.78. The van der Waals surface area contributed by atoms with Crippen molar-refractivity contribution in [3.8, 4) is 0 Å². The molecule has 0 aliphatic carbocycles. The first-order valence-corrected chi connectivity index (χ1v) is 5.78. The Hall–Kier alpha value is -1.32. The van der Waals surface area contributed by atoms with Gasteiger partial charge < -0.3 is 5.11 Å². The lowest BCUT2D eigenvalue weighted by atomic mass is 10.1. The lowest BCUT2D eigenvalue weighted by molar-refractivity contribution is -0.138. The molecule has 0 aliphatic rings. The number of hydrogen-bond acceptors (Lipinski definition) is 2. The molecule has 0 aliphatic heterocycles. The predicted octanol–water partition coefficient (Wildman–Crippen LogP) is 2.60. The zero-order valence-corrected chi connectivity index (χ0v) is 10.4. The minimum Gasteiger partial charge on any atom is -0.481 e. The van der Waals surface area contributed by atoms with Gasteiger partial charge in [-0.25, -0.2) is 0 Å². The molecule has 0 fully saturated rings. The van der Waals surface area contributed by atoms with Crippen LogP contribution in [0.2, 0.25) is 0 Å². The van der Waals surface area contributed by atoms with Crippen LogP contribution in [-0.4, -0.2) is 20.9 Å². The maximum atomic E-state index is 10.9. The molecule has 1 unspecified atom stereocenters. The lowest BCUT2D eigenvalue weighted by Gasteiger charge is -2.09. The third-order valence-corrected chi connectivity index (χ3v) is 2.64. The summed E-state index contributed by atoms with van der Waals surface area (Å²) >= 11 is 0. The predicted molar refractivity (Wildman–Crippen MR) is 62.7 cm³/mol. The van der Waals surface area contributed by atoms with E-state index in [4.69, 9.17) is 5.11 Å². The van der Waals surface area contributed by atoms with Gasteiger partial charge in [-0.05, 0) is 33.3 Å². The summed E-state index contributed by atoms with van der Waals surface area (Å²) in [7, 11) is 0. The van der Waals surface area contributed by atoms with Crippen molar-refractivity contribution < 1.29 is 9.90 Å². The lowest BCUT2D eigenvalue weighted by Crippen LogP contribution is -2.10. The van der Waals surface area contributed by atoms with Crippen molar-refractivity contribution in [3.05, 3.63) is 17.5 Å². The summed E-state index contributed by atoms with van der Waals surface area (Å²) in [4.78, 5) is 10.9. The van der Waals surface area contributed by atoms with Crippen molar-refractivity contribution in [2.75, 3.05) is 0 Å². The standard InChI is InChI=1S/C12H20N2O2/c1-5-6-10-7-11(9(4)12(15)16)13-14(10)8(2)3/h7-9H,5-6H2,1-4H3,(H,15,16). The van der Waals surface area contributed by atoms with E-state index >= 15 is 0 Å². The Kier molecular flexibility index (Phi) is 4.10. The molecular weight excluding hydrogens is 204 g/mol. The highest BCUT2D eigenvalue weighted by atomic mass is 16.4. The maximum absolute atomic E-state index is 10.9. The van der Waals surface area contributed by atoms with E-state index in [-0.39, 0.29) is 6.04 Å². The van der Waals surface area contributed by atoms with Gasteiger partial charge in [-0.15, -0.1) is 0 Å². The summed E-state index contributed by atoms with van der Waals surface area (Å²) in [6.45, 7) is 7.89. The molecular formula is C12H20N2O2. The second kappa shape index (κ2) is 5.14. The van der Waals surface area contributed by atoms with Gasteiger partial charge in [-0.2, -0.15) is 5.10 Å². The van der Waals surface area contributed by atoms with Crippen molar-refractivity contribution >= 4 is 5.97 Å². The van der Waals surface area contributed by atoms with Gasteiger partial charge in [0, 0.05) is 11.7 Å². The third-order valence-electron chi connectivity index (χ3n) is 2.64. The summed E-state index contributed by atoms with van der Waals surface area (Å²) in [6.07, 6.45) is 1.98. The van der Waals surface area contributed by atoms with E-state index in [9.17, 15) is 4.79 Å². The third kappa shape index (κ3) is 2.62. The van der Waals surface area contributed by atoms with Crippen LogP contribution in [0.15, 0.2) is 6.07 Å². The molecule has 1 heterocycles. The summed E-state index contributed by atoms with van der Waals surface area (Å²) in [5, 5.41) is 13.3. The van der Waals surface area contributed by atoms with Gasteiger partial charge in [0.1, 0.15) is 0 Å². The van der Waals surface area contributed by atoms with Crippen molar-refractivity contribution in [2.24, 2.45) is 0 Å². The smallest absolute Gasteiger partial charge is 0.312 e. The van der Waals surface area contributed by atoms with Crippen LogP contribution in [0, 0.1) is 0 Å². The molecule has 90 valence electrons. The Labute approximate surface area is 96.3 Å². The summed E-state index contributed by atoms with van der Waals surface area (Å²) in [5.41, 5.74) is 1.78. The van der Waals surface area contributed by atoms with Crippen molar-refractivity contribution in [2.45, 2.75) is 52.5 Å². The molecule has 16 heavy (non-hydrogen) atoms. The van der Waals surface area contributed by atoms with Crippen LogP contribution in [0.5, 0.6) is 0 Å². The Bertz CT molecular complexity index is 369. The van der Waals surface area contributed by atoms with E-state index < -0.39 is 11.9 Å². The molecule has 0 spiro atoms. The second-order valence-electron chi connectivity index (χ2n) is 4.41. The average Bonchev–Trinajstić information content (AvgIpc) is 2.61. The summed E-state index contributed by atoms with van der Waals surface area (Å²) < 4.78 is 1.93. The van der Waals surface area contributed by atoms with E-state index in [1.807, 2.05) is 10.7 Å². The number of rotatable bonds is 5. The zero-order valence-electron chi connectivity index (χ0n) is 10.4. The van der Waals surface area contributed by atoms with Crippen LogP contribution in [-0.2, 0) is 11.2 Å². The molecule has 0 bridgehead atoms. The Morgan fingerprint density at radius 1 is 1.50 bits per heavy atom. The number of carboxylic acids is 1. The number of nitrogens with zero attached hydrogens (tertiary/aromatic N) is 2. The number of carboxylic acid groups (broad SMARTS) is 1. The molecule has 4 heteroatoms. The van der Waals surface area contributed by atoms with Crippen LogP contribution < -0.4 is 0 Å². The highest BCUT2D eigenvalue weighted by molar-refractivity contribution is 5.74. The van der Waals surface area contributed by atoms with Gasteiger partial charge in [0.15, 0.2) is 0 Å². The molecule has 4 nitrogen and oxygen atoms in total.